The molecule has 6 nitrogen and oxygen atoms in total. The van der Waals surface area contributed by atoms with Crippen molar-refractivity contribution in [1.82, 2.24) is 4.90 Å². The minimum Gasteiger partial charge on any atom is -0.465 e. The largest absolute Gasteiger partial charge is 0.465 e. The molecule has 0 bridgehead atoms. The Morgan fingerprint density at radius 1 is 1.00 bits per heavy atom. The summed E-state index contributed by atoms with van der Waals surface area (Å²) in [5.41, 5.74) is 1.31. The van der Waals surface area contributed by atoms with E-state index in [1.54, 1.807) is 24.3 Å². The van der Waals surface area contributed by atoms with Crippen LogP contribution < -0.4 is 5.32 Å². The van der Waals surface area contributed by atoms with Crippen LogP contribution in [0, 0.1) is 0 Å². The predicted octanol–water partition coefficient (Wildman–Crippen LogP) is 2.84. The van der Waals surface area contributed by atoms with Crippen molar-refractivity contribution in [3.63, 3.8) is 0 Å². The van der Waals surface area contributed by atoms with Gasteiger partial charge in [-0.25, -0.2) is 4.79 Å². The van der Waals surface area contributed by atoms with Crippen LogP contribution in [0.3, 0.4) is 0 Å². The maximum Gasteiger partial charge on any atom is 0.337 e. The van der Waals surface area contributed by atoms with Crippen molar-refractivity contribution >= 4 is 35.1 Å². The molecule has 1 N–H and O–H groups in total. The molecule has 130 valence electrons. The van der Waals surface area contributed by atoms with Gasteiger partial charge in [0.1, 0.15) is 0 Å². The summed E-state index contributed by atoms with van der Waals surface area (Å²) in [6, 6.07) is 12.7. The Morgan fingerprint density at radius 3 is 2.12 bits per heavy atom. The molecule has 0 unspecified atom stereocenters. The molecule has 0 aliphatic heterocycles. The van der Waals surface area contributed by atoms with E-state index in [2.05, 4.69) is 10.1 Å². The lowest BCUT2D eigenvalue weighted by Crippen LogP contribution is -2.34. The van der Waals surface area contributed by atoms with Crippen LogP contribution in [0.1, 0.15) is 20.7 Å². The van der Waals surface area contributed by atoms with Gasteiger partial charge in [-0.15, -0.1) is 0 Å². The van der Waals surface area contributed by atoms with Gasteiger partial charge in [0, 0.05) is 23.3 Å². The molecule has 25 heavy (non-hydrogen) atoms. The van der Waals surface area contributed by atoms with Crippen molar-refractivity contribution in [3.8, 4) is 0 Å². The third-order valence-electron chi connectivity index (χ3n) is 3.41. The Kier molecular flexibility index (Phi) is 6.14. The lowest BCUT2D eigenvalue weighted by molar-refractivity contribution is -0.116. The second kappa shape index (κ2) is 8.30. The summed E-state index contributed by atoms with van der Waals surface area (Å²) in [7, 11) is 2.81. The van der Waals surface area contributed by atoms with Crippen molar-refractivity contribution in [2.45, 2.75) is 0 Å². The van der Waals surface area contributed by atoms with E-state index in [0.717, 1.165) is 0 Å². The minimum absolute atomic E-state index is 0.111. The van der Waals surface area contributed by atoms with Crippen molar-refractivity contribution in [3.05, 3.63) is 64.7 Å². The van der Waals surface area contributed by atoms with E-state index < -0.39 is 5.97 Å². The van der Waals surface area contributed by atoms with E-state index in [0.29, 0.717) is 21.8 Å². The van der Waals surface area contributed by atoms with Crippen LogP contribution >= 0.6 is 11.6 Å². The fraction of sp³-hybridized carbons (Fsp3) is 0.167. The fourth-order valence-electron chi connectivity index (χ4n) is 2.11. The van der Waals surface area contributed by atoms with Gasteiger partial charge in [0.05, 0.1) is 19.2 Å². The molecule has 2 aromatic rings. The number of benzene rings is 2. The molecule has 0 fully saturated rings. The maximum absolute atomic E-state index is 12.3. The molecule has 0 saturated carbocycles. The van der Waals surface area contributed by atoms with E-state index >= 15 is 0 Å². The number of nitrogens with zero attached hydrogens (tertiary/aromatic N) is 1. The first-order valence-corrected chi connectivity index (χ1v) is 7.78. The molecule has 0 aliphatic rings. The number of methoxy groups -OCH3 is 1. The summed E-state index contributed by atoms with van der Waals surface area (Å²) in [6.07, 6.45) is 0. The van der Waals surface area contributed by atoms with E-state index in [1.807, 2.05) is 0 Å². The number of nitrogens with one attached hydrogen (secondary N) is 1. The van der Waals surface area contributed by atoms with Crippen molar-refractivity contribution in [2.24, 2.45) is 0 Å². The number of carbonyl (C=O) groups excluding carboxylic acids is 3. The quantitative estimate of drug-likeness (QED) is 0.832. The van der Waals surface area contributed by atoms with Gasteiger partial charge in [-0.05, 0) is 48.5 Å². The number of ether oxygens (including phenoxy) is 1. The van der Waals surface area contributed by atoms with Crippen LogP contribution in [0.5, 0.6) is 0 Å². The molecule has 7 heteroatoms. The van der Waals surface area contributed by atoms with Gasteiger partial charge in [0.15, 0.2) is 0 Å². The van der Waals surface area contributed by atoms with Crippen molar-refractivity contribution < 1.29 is 19.1 Å². The SMILES string of the molecule is COC(=O)c1ccc(C(=O)N(C)CC(=O)Nc2ccc(Cl)cc2)cc1. The lowest BCUT2D eigenvalue weighted by atomic mass is 10.1. The maximum atomic E-state index is 12.3. The second-order valence-corrected chi connectivity index (χ2v) is 5.72. The average molecular weight is 361 g/mol. The zero-order chi connectivity index (χ0) is 18.4. The van der Waals surface area contributed by atoms with E-state index in [-0.39, 0.29) is 18.4 Å². The molecule has 0 aromatic heterocycles. The van der Waals surface area contributed by atoms with Crippen LogP contribution in [0.15, 0.2) is 48.5 Å². The lowest BCUT2D eigenvalue weighted by Gasteiger charge is -2.17. The zero-order valence-electron chi connectivity index (χ0n) is 13.8. The van der Waals surface area contributed by atoms with Crippen LogP contribution in [0.4, 0.5) is 5.69 Å². The first kappa shape index (κ1) is 18.5. The Hall–Kier alpha value is -2.86. The van der Waals surface area contributed by atoms with Crippen LogP contribution in [-0.4, -0.2) is 43.4 Å². The summed E-state index contributed by atoms with van der Waals surface area (Å²) in [5.74, 6) is -1.14. The number of esters is 1. The van der Waals surface area contributed by atoms with E-state index in [9.17, 15) is 14.4 Å². The zero-order valence-corrected chi connectivity index (χ0v) is 14.5. The van der Waals surface area contributed by atoms with E-state index in [4.69, 9.17) is 11.6 Å². The number of halogens is 1. The molecule has 0 radical (unpaired) electrons. The van der Waals surface area contributed by atoms with Gasteiger partial charge in [-0.1, -0.05) is 11.6 Å². The molecule has 0 saturated heterocycles. The van der Waals surface area contributed by atoms with Gasteiger partial charge in [-0.3, -0.25) is 9.59 Å². The fourth-order valence-corrected chi connectivity index (χ4v) is 2.23. The molecular formula is C18H17ClN2O4. The number of carbonyl (C=O) groups is 3. The highest BCUT2D eigenvalue weighted by atomic mass is 35.5. The van der Waals surface area contributed by atoms with Gasteiger partial charge < -0.3 is 15.0 Å². The molecule has 0 spiro atoms. The summed E-state index contributed by atoms with van der Waals surface area (Å²) >= 11 is 5.79. The molecular weight excluding hydrogens is 344 g/mol. The molecule has 2 rings (SSSR count). The molecule has 2 aromatic carbocycles. The smallest absolute Gasteiger partial charge is 0.337 e. The van der Waals surface area contributed by atoms with Crippen LogP contribution in [-0.2, 0) is 9.53 Å². The average Bonchev–Trinajstić information content (AvgIpc) is 2.62. The highest BCUT2D eigenvalue weighted by Gasteiger charge is 2.16. The number of rotatable bonds is 5. The molecule has 2 amide bonds. The first-order chi connectivity index (χ1) is 11.9. The predicted molar refractivity (Wildman–Crippen MR) is 94.8 cm³/mol. The number of hydrogen-bond donors (Lipinski definition) is 1. The van der Waals surface area contributed by atoms with Crippen LogP contribution in [0.25, 0.3) is 0 Å². The number of anilines is 1. The third-order valence-corrected chi connectivity index (χ3v) is 3.66. The summed E-state index contributed by atoms with van der Waals surface area (Å²) < 4.78 is 4.61. The minimum atomic E-state index is -0.477. The number of hydrogen-bond acceptors (Lipinski definition) is 4. The first-order valence-electron chi connectivity index (χ1n) is 7.40. The normalized spacial score (nSPS) is 10.0. The standard InChI is InChI=1S/C18H17ClN2O4/c1-21(11-16(22)20-15-9-7-14(19)8-10-15)17(23)12-3-5-13(6-4-12)18(24)25-2/h3-10H,11H2,1-2H3,(H,20,22). The topological polar surface area (TPSA) is 75.7 Å². The number of amides is 2. The van der Waals surface area contributed by atoms with Gasteiger partial charge in [0.25, 0.3) is 5.91 Å². The monoisotopic (exact) mass is 360 g/mol. The second-order valence-electron chi connectivity index (χ2n) is 5.29. The summed E-state index contributed by atoms with van der Waals surface area (Å²) in [5, 5.41) is 3.26. The Balaban J connectivity index is 1.96. The molecule has 0 aliphatic carbocycles. The van der Waals surface area contributed by atoms with Gasteiger partial charge in [-0.2, -0.15) is 0 Å². The van der Waals surface area contributed by atoms with Gasteiger partial charge in [0.2, 0.25) is 5.91 Å². The van der Waals surface area contributed by atoms with Gasteiger partial charge >= 0.3 is 5.97 Å². The highest BCUT2D eigenvalue weighted by molar-refractivity contribution is 6.30. The Bertz CT molecular complexity index is 773. The highest BCUT2D eigenvalue weighted by Crippen LogP contribution is 2.13. The van der Waals surface area contributed by atoms with Crippen molar-refractivity contribution in [1.29, 1.82) is 0 Å². The Labute approximate surface area is 150 Å². The van der Waals surface area contributed by atoms with Crippen LogP contribution in [0.2, 0.25) is 5.02 Å². The van der Waals surface area contributed by atoms with Crippen molar-refractivity contribution in [2.75, 3.05) is 26.0 Å². The number of likely N-dealkylation sites (N-methyl/N-ethyl adjacent to an activating group) is 1. The molecule has 0 atom stereocenters. The summed E-state index contributed by atoms with van der Waals surface area (Å²) in [6.45, 7) is -0.111. The molecule has 0 heterocycles. The van der Waals surface area contributed by atoms with E-state index in [1.165, 1.54) is 43.3 Å². The Morgan fingerprint density at radius 2 is 1.56 bits per heavy atom. The third kappa shape index (κ3) is 5.06. The summed E-state index contributed by atoms with van der Waals surface area (Å²) in [4.78, 5) is 37.0.